The average Bonchev–Trinajstić information content (AvgIpc) is 2.40. The molecule has 1 heterocycles. The third-order valence-electron chi connectivity index (χ3n) is 3.15. The lowest BCUT2D eigenvalue weighted by atomic mass is 9.91. The molecular weight excluding hydrogens is 218 g/mol. The van der Waals surface area contributed by atoms with Gasteiger partial charge in [0.05, 0.1) is 6.04 Å². The maximum Gasteiger partial charge on any atom is 0.270 e. The lowest BCUT2D eigenvalue weighted by Gasteiger charge is -2.30. The van der Waals surface area contributed by atoms with Gasteiger partial charge in [-0.15, -0.1) is 0 Å². The van der Waals surface area contributed by atoms with Gasteiger partial charge >= 0.3 is 0 Å². The van der Waals surface area contributed by atoms with E-state index >= 15 is 0 Å². The Bertz CT molecular complexity index is 369. The molecular formula is C12H17N3O2. The summed E-state index contributed by atoms with van der Waals surface area (Å²) < 4.78 is 0. The van der Waals surface area contributed by atoms with E-state index in [1.807, 2.05) is 0 Å². The lowest BCUT2D eigenvalue weighted by molar-refractivity contribution is 0.0747. The first-order valence-corrected chi connectivity index (χ1v) is 5.93. The summed E-state index contributed by atoms with van der Waals surface area (Å²) in [5.41, 5.74) is 2.69. The number of rotatable bonds is 3. The molecule has 1 amide bonds. The van der Waals surface area contributed by atoms with Crippen molar-refractivity contribution in [3.05, 3.63) is 30.1 Å². The van der Waals surface area contributed by atoms with Gasteiger partial charge in [0.15, 0.2) is 0 Å². The first-order valence-electron chi connectivity index (χ1n) is 5.93. The molecule has 0 saturated heterocycles. The van der Waals surface area contributed by atoms with Gasteiger partial charge in [-0.05, 0) is 25.0 Å². The van der Waals surface area contributed by atoms with E-state index in [9.17, 15) is 4.79 Å². The zero-order valence-corrected chi connectivity index (χ0v) is 9.60. The summed E-state index contributed by atoms with van der Waals surface area (Å²) in [5, 5.41) is 11.9. The van der Waals surface area contributed by atoms with E-state index in [4.69, 9.17) is 5.21 Å². The molecule has 5 heteroatoms. The fourth-order valence-electron chi connectivity index (χ4n) is 2.20. The van der Waals surface area contributed by atoms with Gasteiger partial charge in [0, 0.05) is 12.2 Å². The minimum absolute atomic E-state index is 0.0248. The van der Waals surface area contributed by atoms with Gasteiger partial charge in [0.2, 0.25) is 0 Å². The van der Waals surface area contributed by atoms with Crippen LogP contribution in [0.3, 0.4) is 0 Å². The van der Waals surface area contributed by atoms with Crippen molar-refractivity contribution in [3.63, 3.8) is 0 Å². The quantitative estimate of drug-likeness (QED) is 0.686. The molecule has 1 saturated carbocycles. The Morgan fingerprint density at radius 2 is 2.06 bits per heavy atom. The van der Waals surface area contributed by atoms with Gasteiger partial charge in [0.1, 0.15) is 5.69 Å². The number of pyridine rings is 1. The molecule has 0 bridgehead atoms. The van der Waals surface area contributed by atoms with Crippen molar-refractivity contribution in [2.24, 2.45) is 0 Å². The Morgan fingerprint density at radius 1 is 1.29 bits per heavy atom. The van der Waals surface area contributed by atoms with Crippen LogP contribution in [0, 0.1) is 0 Å². The molecule has 0 aliphatic heterocycles. The Morgan fingerprint density at radius 3 is 2.71 bits per heavy atom. The molecule has 1 aliphatic carbocycles. The number of hydrogen-bond acceptors (Lipinski definition) is 4. The summed E-state index contributed by atoms with van der Waals surface area (Å²) in [5.74, 6) is -0.183. The second-order valence-corrected chi connectivity index (χ2v) is 4.31. The number of carbonyl (C=O) groups excluding carboxylic acids is 1. The van der Waals surface area contributed by atoms with Crippen LogP contribution < -0.4 is 10.8 Å². The van der Waals surface area contributed by atoms with E-state index in [-0.39, 0.29) is 18.0 Å². The van der Waals surface area contributed by atoms with E-state index in [0.717, 1.165) is 25.7 Å². The van der Waals surface area contributed by atoms with Gasteiger partial charge in [-0.2, -0.15) is 0 Å². The van der Waals surface area contributed by atoms with Crippen molar-refractivity contribution in [3.8, 4) is 0 Å². The average molecular weight is 235 g/mol. The van der Waals surface area contributed by atoms with Crippen LogP contribution in [0.1, 0.15) is 36.2 Å². The molecule has 2 atom stereocenters. The normalized spacial score (nSPS) is 24.3. The van der Waals surface area contributed by atoms with Crippen LogP contribution in [0.15, 0.2) is 24.4 Å². The molecule has 1 aliphatic rings. The first kappa shape index (κ1) is 12.0. The monoisotopic (exact) mass is 235 g/mol. The van der Waals surface area contributed by atoms with Crippen molar-refractivity contribution in [1.29, 1.82) is 0 Å². The molecule has 1 fully saturated rings. The van der Waals surface area contributed by atoms with Crippen molar-refractivity contribution in [2.75, 3.05) is 0 Å². The highest BCUT2D eigenvalue weighted by Crippen LogP contribution is 2.18. The molecule has 0 aromatic carbocycles. The topological polar surface area (TPSA) is 74.2 Å². The van der Waals surface area contributed by atoms with Crippen LogP contribution in [0.5, 0.6) is 0 Å². The van der Waals surface area contributed by atoms with Crippen molar-refractivity contribution >= 4 is 5.91 Å². The summed E-state index contributed by atoms with van der Waals surface area (Å²) in [6.45, 7) is 0. The molecule has 5 nitrogen and oxygen atoms in total. The van der Waals surface area contributed by atoms with E-state index in [2.05, 4.69) is 15.8 Å². The van der Waals surface area contributed by atoms with Crippen LogP contribution in [-0.4, -0.2) is 28.2 Å². The molecule has 92 valence electrons. The second kappa shape index (κ2) is 5.75. The summed E-state index contributed by atoms with van der Waals surface area (Å²) in [4.78, 5) is 15.9. The minimum Gasteiger partial charge on any atom is -0.346 e. The van der Waals surface area contributed by atoms with Crippen LogP contribution in [0.4, 0.5) is 0 Å². The molecule has 1 aromatic heterocycles. The number of aromatic nitrogens is 1. The van der Waals surface area contributed by atoms with Crippen molar-refractivity contribution in [1.82, 2.24) is 15.8 Å². The second-order valence-electron chi connectivity index (χ2n) is 4.31. The van der Waals surface area contributed by atoms with Crippen LogP contribution in [-0.2, 0) is 0 Å². The first-order chi connectivity index (χ1) is 8.31. The van der Waals surface area contributed by atoms with Gasteiger partial charge < -0.3 is 10.5 Å². The summed E-state index contributed by atoms with van der Waals surface area (Å²) in [6.07, 6.45) is 5.51. The van der Waals surface area contributed by atoms with E-state index in [0.29, 0.717) is 5.69 Å². The maximum atomic E-state index is 11.9. The molecule has 3 N–H and O–H groups in total. The maximum absolute atomic E-state index is 11.9. The number of carbonyl (C=O) groups is 1. The summed E-state index contributed by atoms with van der Waals surface area (Å²) in [7, 11) is 0. The lowest BCUT2D eigenvalue weighted by Crippen LogP contribution is -2.50. The standard InChI is InChI=1S/C12H17N3O2/c16-12(11-7-3-4-8-13-11)14-9-5-1-2-6-10(9)15-17/h3-4,7-10,15,17H,1-2,5-6H2,(H,14,16)/t9-,10-/m1/s1. The molecule has 2 rings (SSSR count). The van der Waals surface area contributed by atoms with Gasteiger partial charge in [0.25, 0.3) is 5.91 Å². The summed E-state index contributed by atoms with van der Waals surface area (Å²) >= 11 is 0. The predicted molar refractivity (Wildman–Crippen MR) is 62.7 cm³/mol. The number of amides is 1. The summed E-state index contributed by atoms with van der Waals surface area (Å²) in [6, 6.07) is 5.15. The highest BCUT2D eigenvalue weighted by molar-refractivity contribution is 5.92. The van der Waals surface area contributed by atoms with Gasteiger partial charge in [-0.25, -0.2) is 5.48 Å². The molecule has 0 radical (unpaired) electrons. The Hall–Kier alpha value is -1.46. The fourth-order valence-corrected chi connectivity index (χ4v) is 2.20. The third-order valence-corrected chi connectivity index (χ3v) is 3.15. The highest BCUT2D eigenvalue weighted by atomic mass is 16.5. The van der Waals surface area contributed by atoms with Gasteiger partial charge in [-0.3, -0.25) is 9.78 Å². The van der Waals surface area contributed by atoms with Crippen molar-refractivity contribution in [2.45, 2.75) is 37.8 Å². The SMILES string of the molecule is O=C(N[C@@H]1CCCC[C@H]1NO)c1ccccn1. The zero-order valence-electron chi connectivity index (χ0n) is 9.60. The molecule has 17 heavy (non-hydrogen) atoms. The Kier molecular flexibility index (Phi) is 4.06. The Labute approximate surface area is 100 Å². The highest BCUT2D eigenvalue weighted by Gasteiger charge is 2.26. The van der Waals surface area contributed by atoms with E-state index in [1.54, 1.807) is 24.4 Å². The molecule has 0 spiro atoms. The predicted octanol–water partition coefficient (Wildman–Crippen LogP) is 1.10. The fraction of sp³-hybridized carbons (Fsp3) is 0.500. The smallest absolute Gasteiger partial charge is 0.270 e. The third kappa shape index (κ3) is 3.01. The number of hydroxylamine groups is 1. The molecule has 1 aromatic rings. The molecule has 0 unspecified atom stereocenters. The minimum atomic E-state index is -0.183. The van der Waals surface area contributed by atoms with Crippen LogP contribution in [0.2, 0.25) is 0 Å². The Balaban J connectivity index is 1.98. The van der Waals surface area contributed by atoms with Crippen molar-refractivity contribution < 1.29 is 10.0 Å². The van der Waals surface area contributed by atoms with Gasteiger partial charge in [-0.1, -0.05) is 18.9 Å². The largest absolute Gasteiger partial charge is 0.346 e. The number of nitrogens with zero attached hydrogens (tertiary/aromatic N) is 1. The van der Waals surface area contributed by atoms with E-state index < -0.39 is 0 Å². The number of nitrogens with one attached hydrogen (secondary N) is 2. The van der Waals surface area contributed by atoms with E-state index in [1.165, 1.54) is 0 Å². The zero-order chi connectivity index (χ0) is 12.1. The number of hydrogen-bond donors (Lipinski definition) is 3. The van der Waals surface area contributed by atoms with Crippen LogP contribution >= 0.6 is 0 Å². The van der Waals surface area contributed by atoms with Crippen LogP contribution in [0.25, 0.3) is 0 Å².